The van der Waals surface area contributed by atoms with Crippen molar-refractivity contribution in [3.05, 3.63) is 48.4 Å². The lowest BCUT2D eigenvalue weighted by Crippen LogP contribution is -2.22. The van der Waals surface area contributed by atoms with Crippen molar-refractivity contribution in [1.82, 2.24) is 0 Å². The number of anilines is 1. The highest BCUT2D eigenvalue weighted by Crippen LogP contribution is 2.14. The topological polar surface area (TPSA) is 72.8 Å². The molecule has 0 aliphatic carbocycles. The molecule has 5 nitrogen and oxygen atoms in total. The second-order valence-electron chi connectivity index (χ2n) is 3.63. The van der Waals surface area contributed by atoms with Crippen LogP contribution < -0.4 is 15.8 Å². The molecule has 2 aromatic rings. The van der Waals surface area contributed by atoms with Gasteiger partial charge in [0, 0.05) is 5.69 Å². The molecule has 1 aromatic heterocycles. The van der Waals surface area contributed by atoms with E-state index in [0.29, 0.717) is 12.5 Å². The molecule has 2 rings (SSSR count). The Hall–Kier alpha value is -1.70. The number of aliphatic imine (C=N–C) groups is 1. The van der Waals surface area contributed by atoms with Gasteiger partial charge in [-0.25, -0.2) is 4.99 Å². The standard InChI is InChI=1S/C13H15N3O2.HI/c1-17-11-6-4-10(5-7-11)16-13(14)15-9-12-3-2-8-18-12;/h2-8H,9H2,1H3,(H3,14,15,16);1H. The third-order valence-electron chi connectivity index (χ3n) is 2.35. The van der Waals surface area contributed by atoms with Crippen LogP contribution in [0.15, 0.2) is 52.1 Å². The van der Waals surface area contributed by atoms with Crippen molar-refractivity contribution in [2.75, 3.05) is 12.4 Å². The lowest BCUT2D eigenvalue weighted by atomic mass is 10.3. The minimum atomic E-state index is 0. The van der Waals surface area contributed by atoms with Gasteiger partial charge in [0.05, 0.1) is 13.4 Å². The van der Waals surface area contributed by atoms with Gasteiger partial charge in [0.1, 0.15) is 18.1 Å². The van der Waals surface area contributed by atoms with Gasteiger partial charge >= 0.3 is 0 Å². The van der Waals surface area contributed by atoms with Crippen LogP contribution in [0.5, 0.6) is 5.75 Å². The summed E-state index contributed by atoms with van der Waals surface area (Å²) in [5, 5.41) is 2.99. The molecule has 6 heteroatoms. The van der Waals surface area contributed by atoms with Crippen molar-refractivity contribution in [2.45, 2.75) is 6.54 Å². The van der Waals surface area contributed by atoms with Crippen LogP contribution in [0.2, 0.25) is 0 Å². The number of benzene rings is 1. The molecule has 0 unspecified atom stereocenters. The van der Waals surface area contributed by atoms with Crippen LogP contribution in [-0.2, 0) is 6.54 Å². The normalized spacial score (nSPS) is 10.7. The van der Waals surface area contributed by atoms with E-state index in [0.717, 1.165) is 17.2 Å². The Morgan fingerprint density at radius 1 is 1.32 bits per heavy atom. The lowest BCUT2D eigenvalue weighted by Gasteiger charge is -2.06. The zero-order valence-electron chi connectivity index (χ0n) is 10.5. The second kappa shape index (κ2) is 7.67. The van der Waals surface area contributed by atoms with Gasteiger partial charge < -0.3 is 20.2 Å². The Labute approximate surface area is 128 Å². The van der Waals surface area contributed by atoms with Crippen LogP contribution in [0.3, 0.4) is 0 Å². The van der Waals surface area contributed by atoms with E-state index >= 15 is 0 Å². The molecular formula is C13H16IN3O2. The first-order chi connectivity index (χ1) is 8.78. The Morgan fingerprint density at radius 3 is 2.63 bits per heavy atom. The highest BCUT2D eigenvalue weighted by molar-refractivity contribution is 14.0. The number of halogens is 1. The molecule has 3 N–H and O–H groups in total. The molecule has 0 radical (unpaired) electrons. The summed E-state index contributed by atoms with van der Waals surface area (Å²) in [4.78, 5) is 4.16. The summed E-state index contributed by atoms with van der Waals surface area (Å²) in [6.45, 7) is 0.419. The first kappa shape index (κ1) is 15.4. The Bertz CT molecular complexity index is 509. The Balaban J connectivity index is 0.00000180. The highest BCUT2D eigenvalue weighted by Gasteiger charge is 1.97. The number of ether oxygens (including phenoxy) is 1. The maximum absolute atomic E-state index is 5.76. The zero-order chi connectivity index (χ0) is 12.8. The van der Waals surface area contributed by atoms with E-state index < -0.39 is 0 Å². The van der Waals surface area contributed by atoms with Crippen molar-refractivity contribution >= 4 is 35.6 Å². The predicted octanol–water partition coefficient (Wildman–Crippen LogP) is 2.83. The number of furan rings is 1. The van der Waals surface area contributed by atoms with E-state index in [4.69, 9.17) is 14.9 Å². The minimum absolute atomic E-state index is 0. The van der Waals surface area contributed by atoms with Crippen LogP contribution in [0.25, 0.3) is 0 Å². The van der Waals surface area contributed by atoms with Gasteiger partial charge in [-0.05, 0) is 36.4 Å². The third-order valence-corrected chi connectivity index (χ3v) is 2.35. The van der Waals surface area contributed by atoms with E-state index in [1.54, 1.807) is 13.4 Å². The molecule has 0 spiro atoms. The van der Waals surface area contributed by atoms with Gasteiger partial charge in [-0.15, -0.1) is 24.0 Å². The van der Waals surface area contributed by atoms with Gasteiger partial charge in [-0.1, -0.05) is 0 Å². The molecule has 0 amide bonds. The first-order valence-electron chi connectivity index (χ1n) is 5.51. The molecule has 1 heterocycles. The number of hydrogen-bond acceptors (Lipinski definition) is 3. The van der Waals surface area contributed by atoms with Gasteiger partial charge in [-0.2, -0.15) is 0 Å². The summed E-state index contributed by atoms with van der Waals surface area (Å²) < 4.78 is 10.2. The summed E-state index contributed by atoms with van der Waals surface area (Å²) >= 11 is 0. The average Bonchev–Trinajstić information content (AvgIpc) is 2.90. The highest BCUT2D eigenvalue weighted by atomic mass is 127. The number of nitrogens with zero attached hydrogens (tertiary/aromatic N) is 1. The smallest absolute Gasteiger partial charge is 0.193 e. The van der Waals surface area contributed by atoms with Crippen LogP contribution in [0.4, 0.5) is 5.69 Å². The van der Waals surface area contributed by atoms with Crippen LogP contribution in [0, 0.1) is 0 Å². The average molecular weight is 373 g/mol. The van der Waals surface area contributed by atoms with Gasteiger partial charge in [-0.3, -0.25) is 0 Å². The number of guanidine groups is 1. The maximum atomic E-state index is 5.76. The van der Waals surface area contributed by atoms with Gasteiger partial charge in [0.2, 0.25) is 0 Å². The van der Waals surface area contributed by atoms with Crippen LogP contribution >= 0.6 is 24.0 Å². The van der Waals surface area contributed by atoms with Crippen molar-refractivity contribution in [2.24, 2.45) is 10.7 Å². The third kappa shape index (κ3) is 4.82. The van der Waals surface area contributed by atoms with Gasteiger partial charge in [0.15, 0.2) is 5.96 Å². The van der Waals surface area contributed by atoms with E-state index in [-0.39, 0.29) is 24.0 Å². The van der Waals surface area contributed by atoms with Crippen LogP contribution in [-0.4, -0.2) is 13.1 Å². The SMILES string of the molecule is COc1ccc(NC(N)=NCc2ccco2)cc1.I. The molecule has 0 aliphatic heterocycles. The molecule has 0 saturated carbocycles. The van der Waals surface area contributed by atoms with Crippen molar-refractivity contribution < 1.29 is 9.15 Å². The summed E-state index contributed by atoms with van der Waals surface area (Å²) in [5.74, 6) is 1.91. The maximum Gasteiger partial charge on any atom is 0.193 e. The Morgan fingerprint density at radius 2 is 2.05 bits per heavy atom. The molecule has 102 valence electrons. The second-order valence-corrected chi connectivity index (χ2v) is 3.63. The van der Waals surface area contributed by atoms with Crippen LogP contribution in [0.1, 0.15) is 5.76 Å². The summed E-state index contributed by atoms with van der Waals surface area (Å²) in [6, 6.07) is 11.1. The quantitative estimate of drug-likeness (QED) is 0.491. The molecule has 0 atom stereocenters. The number of rotatable bonds is 4. The van der Waals surface area contributed by atoms with E-state index in [1.807, 2.05) is 36.4 Å². The summed E-state index contributed by atoms with van der Waals surface area (Å²) in [6.07, 6.45) is 1.61. The summed E-state index contributed by atoms with van der Waals surface area (Å²) in [7, 11) is 1.63. The van der Waals surface area contributed by atoms with Crippen molar-refractivity contribution in [3.8, 4) is 5.75 Å². The van der Waals surface area contributed by atoms with Gasteiger partial charge in [0.25, 0.3) is 0 Å². The molecule has 0 fully saturated rings. The predicted molar refractivity (Wildman–Crippen MR) is 86.1 cm³/mol. The fourth-order valence-electron chi connectivity index (χ4n) is 1.43. The van der Waals surface area contributed by atoms with Crippen molar-refractivity contribution in [1.29, 1.82) is 0 Å². The monoisotopic (exact) mass is 373 g/mol. The lowest BCUT2D eigenvalue weighted by molar-refractivity contribution is 0.415. The van der Waals surface area contributed by atoms with E-state index in [2.05, 4.69) is 10.3 Å². The molecule has 0 bridgehead atoms. The van der Waals surface area contributed by atoms with E-state index in [1.165, 1.54) is 0 Å². The minimum Gasteiger partial charge on any atom is -0.497 e. The number of nitrogens with two attached hydrogens (primary N) is 1. The number of methoxy groups -OCH3 is 1. The molecule has 0 saturated heterocycles. The Kier molecular flexibility index (Phi) is 6.20. The molecular weight excluding hydrogens is 357 g/mol. The summed E-state index contributed by atoms with van der Waals surface area (Å²) in [5.41, 5.74) is 6.62. The molecule has 1 aromatic carbocycles. The fourth-order valence-corrected chi connectivity index (χ4v) is 1.43. The first-order valence-corrected chi connectivity index (χ1v) is 5.51. The largest absolute Gasteiger partial charge is 0.497 e. The number of nitrogens with one attached hydrogen (secondary N) is 1. The number of hydrogen-bond donors (Lipinski definition) is 2. The molecule has 0 aliphatic rings. The zero-order valence-corrected chi connectivity index (χ0v) is 12.8. The van der Waals surface area contributed by atoms with Crippen molar-refractivity contribution in [3.63, 3.8) is 0 Å². The fraction of sp³-hybridized carbons (Fsp3) is 0.154. The molecule has 19 heavy (non-hydrogen) atoms. The van der Waals surface area contributed by atoms with E-state index in [9.17, 15) is 0 Å².